The lowest BCUT2D eigenvalue weighted by Gasteiger charge is -2.35. The molecule has 1 aliphatic rings. The number of rotatable bonds is 3. The second-order valence-corrected chi connectivity index (χ2v) is 4.55. The molecule has 1 heterocycles. The standard InChI is InChI=1S/C11H20N2O4/c1-8(7-14)12(2)11(17)13-5-3-4-9(6-13)10(15)16/h8-9,14H,3-7H2,1-2H3,(H,15,16)/t8?,9-/m0/s1. The molecule has 1 unspecified atom stereocenters. The van der Waals surface area contributed by atoms with Gasteiger partial charge in [-0.2, -0.15) is 0 Å². The van der Waals surface area contributed by atoms with Gasteiger partial charge < -0.3 is 20.0 Å². The van der Waals surface area contributed by atoms with Crippen LogP contribution in [0, 0.1) is 5.92 Å². The number of carbonyl (C=O) groups excluding carboxylic acids is 1. The highest BCUT2D eigenvalue weighted by atomic mass is 16.4. The minimum Gasteiger partial charge on any atom is -0.481 e. The van der Waals surface area contributed by atoms with E-state index in [1.54, 1.807) is 18.9 Å². The van der Waals surface area contributed by atoms with E-state index >= 15 is 0 Å². The number of likely N-dealkylation sites (tertiary alicyclic amines) is 1. The van der Waals surface area contributed by atoms with E-state index in [-0.39, 0.29) is 25.2 Å². The Kier molecular flexibility index (Phi) is 4.74. The van der Waals surface area contributed by atoms with E-state index in [1.165, 1.54) is 4.90 Å². The Labute approximate surface area is 101 Å². The van der Waals surface area contributed by atoms with Crippen LogP contribution in [0.25, 0.3) is 0 Å². The van der Waals surface area contributed by atoms with E-state index < -0.39 is 11.9 Å². The molecule has 0 aliphatic carbocycles. The number of likely N-dealkylation sites (N-methyl/N-ethyl adjacent to an activating group) is 1. The van der Waals surface area contributed by atoms with E-state index in [4.69, 9.17) is 10.2 Å². The third-order valence-electron chi connectivity index (χ3n) is 3.27. The van der Waals surface area contributed by atoms with Crippen LogP contribution in [-0.4, -0.2) is 64.8 Å². The van der Waals surface area contributed by atoms with E-state index in [1.807, 2.05) is 0 Å². The predicted octanol–water partition coefficient (Wildman–Crippen LogP) is 0.216. The van der Waals surface area contributed by atoms with Crippen molar-refractivity contribution in [2.24, 2.45) is 5.92 Å². The summed E-state index contributed by atoms with van der Waals surface area (Å²) in [6, 6.07) is -0.467. The number of carboxylic acids is 1. The van der Waals surface area contributed by atoms with Gasteiger partial charge in [0.25, 0.3) is 0 Å². The molecule has 0 spiro atoms. The molecule has 6 nitrogen and oxygen atoms in total. The third-order valence-corrected chi connectivity index (χ3v) is 3.27. The largest absolute Gasteiger partial charge is 0.481 e. The Hall–Kier alpha value is -1.30. The van der Waals surface area contributed by atoms with Gasteiger partial charge >= 0.3 is 12.0 Å². The highest BCUT2D eigenvalue weighted by molar-refractivity contribution is 5.76. The van der Waals surface area contributed by atoms with Crippen LogP contribution in [0.15, 0.2) is 0 Å². The average Bonchev–Trinajstić information content (AvgIpc) is 2.36. The van der Waals surface area contributed by atoms with Gasteiger partial charge in [0.15, 0.2) is 0 Å². The molecule has 2 N–H and O–H groups in total. The van der Waals surface area contributed by atoms with Gasteiger partial charge in [-0.05, 0) is 19.8 Å². The van der Waals surface area contributed by atoms with Gasteiger partial charge in [-0.1, -0.05) is 0 Å². The maximum Gasteiger partial charge on any atom is 0.320 e. The molecule has 1 saturated heterocycles. The number of urea groups is 1. The summed E-state index contributed by atoms with van der Waals surface area (Å²) < 4.78 is 0. The summed E-state index contributed by atoms with van der Waals surface area (Å²) in [4.78, 5) is 25.9. The van der Waals surface area contributed by atoms with E-state index in [9.17, 15) is 9.59 Å². The average molecular weight is 244 g/mol. The Bertz CT molecular complexity index is 295. The Morgan fingerprint density at radius 3 is 2.71 bits per heavy atom. The molecule has 0 aromatic carbocycles. The van der Waals surface area contributed by atoms with Crippen molar-refractivity contribution < 1.29 is 19.8 Å². The van der Waals surface area contributed by atoms with E-state index in [2.05, 4.69) is 0 Å². The highest BCUT2D eigenvalue weighted by Crippen LogP contribution is 2.18. The quantitative estimate of drug-likeness (QED) is 0.744. The van der Waals surface area contributed by atoms with Crippen LogP contribution in [0.4, 0.5) is 4.79 Å². The number of hydrogen-bond acceptors (Lipinski definition) is 3. The van der Waals surface area contributed by atoms with Crippen molar-refractivity contribution in [1.82, 2.24) is 9.80 Å². The zero-order valence-electron chi connectivity index (χ0n) is 10.3. The highest BCUT2D eigenvalue weighted by Gasteiger charge is 2.30. The van der Waals surface area contributed by atoms with Gasteiger partial charge in [0, 0.05) is 20.1 Å². The molecule has 98 valence electrons. The SMILES string of the molecule is CC(CO)N(C)C(=O)N1CCC[C@H](C(=O)O)C1. The molecule has 1 fully saturated rings. The Morgan fingerprint density at radius 2 is 2.18 bits per heavy atom. The molecule has 0 aromatic heterocycles. The number of nitrogens with zero attached hydrogens (tertiary/aromatic N) is 2. The van der Waals surface area contributed by atoms with Crippen molar-refractivity contribution in [3.8, 4) is 0 Å². The lowest BCUT2D eigenvalue weighted by atomic mass is 9.98. The summed E-state index contributed by atoms with van der Waals surface area (Å²) in [6.07, 6.45) is 1.34. The first-order chi connectivity index (χ1) is 7.97. The molecule has 2 amide bonds. The van der Waals surface area contributed by atoms with Gasteiger partial charge in [0.2, 0.25) is 0 Å². The third kappa shape index (κ3) is 3.33. The van der Waals surface area contributed by atoms with Crippen LogP contribution in [-0.2, 0) is 4.79 Å². The number of carbonyl (C=O) groups is 2. The number of piperidine rings is 1. The summed E-state index contributed by atoms with van der Waals surface area (Å²) in [5.41, 5.74) is 0. The fourth-order valence-corrected chi connectivity index (χ4v) is 1.89. The van der Waals surface area contributed by atoms with Crippen molar-refractivity contribution in [1.29, 1.82) is 0 Å². The topological polar surface area (TPSA) is 81.1 Å². The molecular weight excluding hydrogens is 224 g/mol. The zero-order chi connectivity index (χ0) is 13.0. The molecule has 0 bridgehead atoms. The van der Waals surface area contributed by atoms with Crippen molar-refractivity contribution >= 4 is 12.0 Å². The Morgan fingerprint density at radius 1 is 1.53 bits per heavy atom. The van der Waals surface area contributed by atoms with Crippen molar-refractivity contribution in [2.75, 3.05) is 26.7 Å². The molecule has 1 rings (SSSR count). The van der Waals surface area contributed by atoms with Crippen LogP contribution in [0.5, 0.6) is 0 Å². The summed E-state index contributed by atoms with van der Waals surface area (Å²) in [5, 5.41) is 17.9. The lowest BCUT2D eigenvalue weighted by Crippen LogP contribution is -2.50. The fraction of sp³-hybridized carbons (Fsp3) is 0.818. The first-order valence-corrected chi connectivity index (χ1v) is 5.82. The zero-order valence-corrected chi connectivity index (χ0v) is 10.3. The maximum atomic E-state index is 12.0. The monoisotopic (exact) mass is 244 g/mol. The summed E-state index contributed by atoms with van der Waals surface area (Å²) in [5.74, 6) is -1.31. The van der Waals surface area contributed by atoms with Gasteiger partial charge in [0.1, 0.15) is 0 Å². The summed E-state index contributed by atoms with van der Waals surface area (Å²) >= 11 is 0. The molecule has 0 aromatic rings. The van der Waals surface area contributed by atoms with Crippen LogP contribution < -0.4 is 0 Å². The van der Waals surface area contributed by atoms with Gasteiger partial charge in [0.05, 0.1) is 18.6 Å². The van der Waals surface area contributed by atoms with Gasteiger partial charge in [-0.25, -0.2) is 4.79 Å². The minimum atomic E-state index is -0.847. The molecule has 0 saturated carbocycles. The van der Waals surface area contributed by atoms with E-state index in [0.29, 0.717) is 19.4 Å². The number of aliphatic hydroxyl groups excluding tert-OH is 1. The number of amides is 2. The van der Waals surface area contributed by atoms with Crippen molar-refractivity contribution in [3.05, 3.63) is 0 Å². The number of hydrogen-bond donors (Lipinski definition) is 2. The number of aliphatic hydroxyl groups is 1. The molecule has 1 aliphatic heterocycles. The van der Waals surface area contributed by atoms with E-state index in [0.717, 1.165) is 0 Å². The second-order valence-electron chi connectivity index (χ2n) is 4.55. The minimum absolute atomic E-state index is 0.0988. The molecular formula is C11H20N2O4. The maximum absolute atomic E-state index is 12.0. The number of aliphatic carboxylic acids is 1. The van der Waals surface area contributed by atoms with Crippen LogP contribution in [0.1, 0.15) is 19.8 Å². The van der Waals surface area contributed by atoms with Crippen LogP contribution >= 0.6 is 0 Å². The van der Waals surface area contributed by atoms with Gasteiger partial charge in [-0.15, -0.1) is 0 Å². The predicted molar refractivity (Wildman–Crippen MR) is 61.6 cm³/mol. The van der Waals surface area contributed by atoms with Crippen LogP contribution in [0.2, 0.25) is 0 Å². The fourth-order valence-electron chi connectivity index (χ4n) is 1.89. The molecule has 6 heteroatoms. The summed E-state index contributed by atoms with van der Waals surface area (Å²) in [7, 11) is 1.62. The van der Waals surface area contributed by atoms with Crippen LogP contribution in [0.3, 0.4) is 0 Å². The number of carboxylic acid groups (broad SMARTS) is 1. The molecule has 17 heavy (non-hydrogen) atoms. The second kappa shape index (κ2) is 5.86. The summed E-state index contributed by atoms with van der Waals surface area (Å²) in [6.45, 7) is 2.50. The van der Waals surface area contributed by atoms with Crippen molar-refractivity contribution in [3.63, 3.8) is 0 Å². The molecule has 2 atom stereocenters. The lowest BCUT2D eigenvalue weighted by molar-refractivity contribution is -0.143. The van der Waals surface area contributed by atoms with Gasteiger partial charge in [-0.3, -0.25) is 4.79 Å². The first-order valence-electron chi connectivity index (χ1n) is 5.82. The Balaban J connectivity index is 2.60. The first kappa shape index (κ1) is 13.8. The van der Waals surface area contributed by atoms with Crippen molar-refractivity contribution in [2.45, 2.75) is 25.8 Å². The smallest absolute Gasteiger partial charge is 0.320 e. The normalized spacial score (nSPS) is 22.1. The molecule has 0 radical (unpaired) electrons.